The van der Waals surface area contributed by atoms with Crippen molar-refractivity contribution in [2.24, 2.45) is 5.92 Å². The molecule has 1 heterocycles. The van der Waals surface area contributed by atoms with Gasteiger partial charge in [-0.25, -0.2) is 4.98 Å². The molecule has 0 aliphatic carbocycles. The number of nitrogens with zero attached hydrogens (tertiary/aromatic N) is 2. The van der Waals surface area contributed by atoms with Crippen LogP contribution in [-0.2, 0) is 16.1 Å². The van der Waals surface area contributed by atoms with E-state index in [1.165, 1.54) is 6.20 Å². The average molecular weight is 419 g/mol. The topological polar surface area (TPSA) is 123 Å². The molecule has 0 fully saturated rings. The lowest BCUT2D eigenvalue weighted by Gasteiger charge is -2.21. The van der Waals surface area contributed by atoms with Crippen LogP contribution in [-0.4, -0.2) is 58.5 Å². The van der Waals surface area contributed by atoms with Crippen LogP contribution in [0.15, 0.2) is 30.7 Å². The van der Waals surface area contributed by atoms with Crippen LogP contribution in [0.4, 0.5) is 0 Å². The van der Waals surface area contributed by atoms with Gasteiger partial charge < -0.3 is 29.6 Å². The molecule has 0 saturated heterocycles. The minimum atomic E-state index is -1.06. The molecule has 1 aromatic heterocycles. The summed E-state index contributed by atoms with van der Waals surface area (Å²) in [5.41, 5.74) is 1.27. The molecule has 30 heavy (non-hydrogen) atoms. The maximum Gasteiger partial charge on any atom is 0.320 e. The van der Waals surface area contributed by atoms with E-state index in [9.17, 15) is 19.8 Å². The van der Waals surface area contributed by atoms with Gasteiger partial charge >= 0.3 is 11.9 Å². The molecular formula is C21H29N3O6. The standard InChI is InChI=1S/C21H29N3O6/c1-13(2)8-16(21(27)28)23-9-15(20(25)26)17-10-22-12-24(17)11-14-6-5-7-18(29-3)19(14)30-4/h5-7,10,12-13,15-16,23H,8-9,11H2,1-4H3,(H,25,26)(H,27,28). The maximum absolute atomic E-state index is 12.0. The zero-order valence-corrected chi connectivity index (χ0v) is 17.7. The fourth-order valence-corrected chi connectivity index (χ4v) is 3.34. The van der Waals surface area contributed by atoms with Gasteiger partial charge in [-0.3, -0.25) is 9.59 Å². The monoisotopic (exact) mass is 419 g/mol. The lowest BCUT2D eigenvalue weighted by Crippen LogP contribution is -2.41. The molecule has 164 valence electrons. The van der Waals surface area contributed by atoms with Crippen LogP contribution < -0.4 is 14.8 Å². The Morgan fingerprint density at radius 3 is 2.47 bits per heavy atom. The second-order valence-electron chi connectivity index (χ2n) is 7.42. The minimum absolute atomic E-state index is 0.0278. The molecule has 2 atom stereocenters. The van der Waals surface area contributed by atoms with E-state index < -0.39 is 23.9 Å². The zero-order chi connectivity index (χ0) is 22.3. The molecule has 9 nitrogen and oxygen atoms in total. The highest BCUT2D eigenvalue weighted by molar-refractivity contribution is 5.76. The van der Waals surface area contributed by atoms with E-state index in [2.05, 4.69) is 10.3 Å². The van der Waals surface area contributed by atoms with Gasteiger partial charge in [-0.1, -0.05) is 26.0 Å². The lowest BCUT2D eigenvalue weighted by atomic mass is 10.0. The molecular weight excluding hydrogens is 390 g/mol. The highest BCUT2D eigenvalue weighted by Gasteiger charge is 2.27. The molecule has 0 radical (unpaired) electrons. The Hall–Kier alpha value is -3.07. The third-order valence-corrected chi connectivity index (χ3v) is 4.80. The normalized spacial score (nSPS) is 13.1. The number of nitrogens with one attached hydrogen (secondary N) is 1. The molecule has 2 rings (SSSR count). The number of imidazole rings is 1. The van der Waals surface area contributed by atoms with Gasteiger partial charge in [0.25, 0.3) is 0 Å². The van der Waals surface area contributed by atoms with Crippen LogP contribution in [0.25, 0.3) is 0 Å². The number of carboxylic acids is 2. The Morgan fingerprint density at radius 2 is 1.90 bits per heavy atom. The predicted octanol–water partition coefficient (Wildman–Crippen LogP) is 2.21. The second-order valence-corrected chi connectivity index (χ2v) is 7.42. The molecule has 0 saturated carbocycles. The van der Waals surface area contributed by atoms with E-state index in [4.69, 9.17) is 9.47 Å². The Labute approximate surface area is 175 Å². The number of ether oxygens (including phenoxy) is 2. The number of aromatic nitrogens is 2. The van der Waals surface area contributed by atoms with E-state index >= 15 is 0 Å². The van der Waals surface area contributed by atoms with E-state index in [1.54, 1.807) is 31.2 Å². The number of carbonyl (C=O) groups is 2. The quantitative estimate of drug-likeness (QED) is 0.478. The summed E-state index contributed by atoms with van der Waals surface area (Å²) in [5, 5.41) is 22.1. The molecule has 2 unspecified atom stereocenters. The minimum Gasteiger partial charge on any atom is -0.493 e. The van der Waals surface area contributed by atoms with Crippen LogP contribution in [0, 0.1) is 5.92 Å². The van der Waals surface area contributed by atoms with Crippen molar-refractivity contribution in [3.8, 4) is 11.5 Å². The van der Waals surface area contributed by atoms with Gasteiger partial charge in [0.2, 0.25) is 0 Å². The molecule has 3 N–H and O–H groups in total. The first-order valence-electron chi connectivity index (χ1n) is 9.67. The number of carboxylic acid groups (broad SMARTS) is 2. The van der Waals surface area contributed by atoms with Crippen molar-refractivity contribution in [1.29, 1.82) is 0 Å². The summed E-state index contributed by atoms with van der Waals surface area (Å²) in [6.07, 6.45) is 3.44. The average Bonchev–Trinajstić information content (AvgIpc) is 3.14. The van der Waals surface area contributed by atoms with E-state index in [0.717, 1.165) is 5.56 Å². The van der Waals surface area contributed by atoms with Crippen LogP contribution in [0.1, 0.15) is 37.4 Å². The van der Waals surface area contributed by atoms with Gasteiger partial charge in [0.1, 0.15) is 12.0 Å². The van der Waals surface area contributed by atoms with Gasteiger partial charge in [0, 0.05) is 18.3 Å². The number of methoxy groups -OCH3 is 2. The summed E-state index contributed by atoms with van der Waals surface area (Å²) in [6, 6.07) is 4.65. The molecule has 0 aliphatic heterocycles. The number of rotatable bonds is 12. The molecule has 1 aromatic carbocycles. The summed E-state index contributed by atoms with van der Waals surface area (Å²) in [7, 11) is 3.09. The molecule has 9 heteroatoms. The van der Waals surface area contributed by atoms with Crippen molar-refractivity contribution in [2.75, 3.05) is 20.8 Å². The van der Waals surface area contributed by atoms with Crippen molar-refractivity contribution in [2.45, 2.75) is 38.8 Å². The molecule has 0 bridgehead atoms. The van der Waals surface area contributed by atoms with Gasteiger partial charge in [0.05, 0.1) is 32.8 Å². The molecule has 0 spiro atoms. The van der Waals surface area contributed by atoms with Crippen molar-refractivity contribution < 1.29 is 29.3 Å². The smallest absolute Gasteiger partial charge is 0.320 e. The SMILES string of the molecule is COc1cccc(Cn2cncc2C(CNC(CC(C)C)C(=O)O)C(=O)O)c1OC. The van der Waals surface area contributed by atoms with Gasteiger partial charge in [-0.15, -0.1) is 0 Å². The summed E-state index contributed by atoms with van der Waals surface area (Å²) in [5.74, 6) is -1.72. The number of hydrogen-bond acceptors (Lipinski definition) is 6. The number of hydrogen-bond donors (Lipinski definition) is 3. The largest absolute Gasteiger partial charge is 0.493 e. The molecule has 2 aromatic rings. The maximum atomic E-state index is 12.0. The van der Waals surface area contributed by atoms with Gasteiger partial charge in [0.15, 0.2) is 11.5 Å². The van der Waals surface area contributed by atoms with E-state index in [-0.39, 0.29) is 12.5 Å². The lowest BCUT2D eigenvalue weighted by molar-refractivity contribution is -0.142. The number of aliphatic carboxylic acids is 2. The highest BCUT2D eigenvalue weighted by Crippen LogP contribution is 2.31. The van der Waals surface area contributed by atoms with Crippen molar-refractivity contribution >= 4 is 11.9 Å². The first-order chi connectivity index (χ1) is 14.3. The second kappa shape index (κ2) is 10.6. The van der Waals surface area contributed by atoms with Crippen molar-refractivity contribution in [3.05, 3.63) is 42.0 Å². The third kappa shape index (κ3) is 5.73. The highest BCUT2D eigenvalue weighted by atomic mass is 16.5. The van der Waals surface area contributed by atoms with Gasteiger partial charge in [-0.2, -0.15) is 0 Å². The Kier molecular flexibility index (Phi) is 8.23. The Balaban J connectivity index is 2.26. The first-order valence-corrected chi connectivity index (χ1v) is 9.67. The third-order valence-electron chi connectivity index (χ3n) is 4.80. The van der Waals surface area contributed by atoms with E-state index in [1.807, 2.05) is 26.0 Å². The number of benzene rings is 1. The predicted molar refractivity (Wildman–Crippen MR) is 110 cm³/mol. The van der Waals surface area contributed by atoms with Crippen molar-refractivity contribution in [3.63, 3.8) is 0 Å². The van der Waals surface area contributed by atoms with Crippen molar-refractivity contribution in [1.82, 2.24) is 14.9 Å². The fraction of sp³-hybridized carbons (Fsp3) is 0.476. The summed E-state index contributed by atoms with van der Waals surface area (Å²) in [6.45, 7) is 4.14. The molecule has 0 aliphatic rings. The fourth-order valence-electron chi connectivity index (χ4n) is 3.34. The Bertz CT molecular complexity index is 864. The summed E-state index contributed by atoms with van der Waals surface area (Å²) >= 11 is 0. The Morgan fingerprint density at radius 1 is 1.17 bits per heavy atom. The number of para-hydroxylation sites is 1. The van der Waals surface area contributed by atoms with Crippen LogP contribution in [0.2, 0.25) is 0 Å². The molecule has 0 amide bonds. The van der Waals surface area contributed by atoms with Crippen LogP contribution in [0.5, 0.6) is 11.5 Å². The van der Waals surface area contributed by atoms with Crippen LogP contribution in [0.3, 0.4) is 0 Å². The van der Waals surface area contributed by atoms with Gasteiger partial charge in [-0.05, 0) is 18.4 Å². The van der Waals surface area contributed by atoms with Crippen LogP contribution >= 0.6 is 0 Å². The van der Waals surface area contributed by atoms with E-state index in [0.29, 0.717) is 30.2 Å². The zero-order valence-electron chi connectivity index (χ0n) is 17.7. The summed E-state index contributed by atoms with van der Waals surface area (Å²) in [4.78, 5) is 27.6. The summed E-state index contributed by atoms with van der Waals surface area (Å²) < 4.78 is 12.5. The first kappa shape index (κ1) is 23.2.